The lowest BCUT2D eigenvalue weighted by Crippen LogP contribution is -2.31. The predicted molar refractivity (Wildman–Crippen MR) is 109 cm³/mol. The van der Waals surface area contributed by atoms with Crippen LogP contribution in [-0.4, -0.2) is 17.8 Å². The van der Waals surface area contributed by atoms with Gasteiger partial charge in [-0.1, -0.05) is 23.3 Å². The first-order valence-corrected chi connectivity index (χ1v) is 9.33. The number of methoxy groups -OCH3 is 1. The highest BCUT2D eigenvalue weighted by Gasteiger charge is 2.30. The number of aryl methyl sites for hydroxylation is 1. The van der Waals surface area contributed by atoms with Gasteiger partial charge in [0.1, 0.15) is 11.4 Å². The Balaban J connectivity index is 2.05. The molecule has 1 aromatic rings. The molecule has 2 rings (SSSR count). The summed E-state index contributed by atoms with van der Waals surface area (Å²) in [4.78, 5) is 0. The molecule has 1 atom stereocenters. The normalized spacial score (nSPS) is 18.9. The predicted octanol–water partition coefficient (Wildman–Crippen LogP) is 6.35. The number of benzene rings is 1. The van der Waals surface area contributed by atoms with Crippen LogP contribution in [0.4, 0.5) is 0 Å². The molecular weight excluding hydrogens is 324 g/mol. The molecule has 3 nitrogen and oxygen atoms in total. The summed E-state index contributed by atoms with van der Waals surface area (Å²) < 4.78 is 11.6. The number of hydrogen-bond acceptors (Lipinski definition) is 3. The lowest BCUT2D eigenvalue weighted by Gasteiger charge is -2.32. The van der Waals surface area contributed by atoms with Gasteiger partial charge in [-0.3, -0.25) is 0 Å². The maximum Gasteiger partial charge on any atom is 0.173 e. The molecule has 1 N–H and O–H groups in total. The van der Waals surface area contributed by atoms with Crippen LogP contribution in [0.1, 0.15) is 64.5 Å². The molecule has 0 fully saturated rings. The Kier molecular flexibility index (Phi) is 6.57. The van der Waals surface area contributed by atoms with E-state index in [4.69, 9.17) is 9.47 Å². The molecule has 0 aromatic heterocycles. The number of phenols is 1. The van der Waals surface area contributed by atoms with Crippen molar-refractivity contribution in [1.82, 2.24) is 0 Å². The van der Waals surface area contributed by atoms with Gasteiger partial charge < -0.3 is 14.6 Å². The van der Waals surface area contributed by atoms with Crippen LogP contribution in [0.25, 0.3) is 6.08 Å². The van der Waals surface area contributed by atoms with Gasteiger partial charge in [0.25, 0.3) is 0 Å². The fourth-order valence-electron chi connectivity index (χ4n) is 3.15. The van der Waals surface area contributed by atoms with E-state index < -0.39 is 5.60 Å². The zero-order valence-corrected chi connectivity index (χ0v) is 17.0. The maximum atomic E-state index is 10.4. The van der Waals surface area contributed by atoms with Crippen LogP contribution in [-0.2, 0) is 0 Å². The van der Waals surface area contributed by atoms with Crippen LogP contribution < -0.4 is 9.47 Å². The van der Waals surface area contributed by atoms with E-state index in [9.17, 15) is 5.11 Å². The molecule has 0 radical (unpaired) electrons. The number of rotatable bonds is 7. The molecular formula is C23H32O3. The number of fused-ring (bicyclic) bond motifs is 1. The summed E-state index contributed by atoms with van der Waals surface area (Å²) in [6.45, 7) is 10.4. The van der Waals surface area contributed by atoms with Gasteiger partial charge in [-0.2, -0.15) is 0 Å². The Morgan fingerprint density at radius 2 is 1.96 bits per heavy atom. The van der Waals surface area contributed by atoms with Gasteiger partial charge >= 0.3 is 0 Å². The Hall–Kier alpha value is -2.16. The van der Waals surface area contributed by atoms with E-state index in [0.29, 0.717) is 5.75 Å². The molecule has 1 heterocycles. The third-order valence-corrected chi connectivity index (χ3v) is 4.83. The van der Waals surface area contributed by atoms with Gasteiger partial charge in [-0.05, 0) is 84.1 Å². The molecule has 1 aliphatic rings. The average molecular weight is 357 g/mol. The van der Waals surface area contributed by atoms with E-state index in [1.165, 1.54) is 11.1 Å². The first-order chi connectivity index (χ1) is 12.3. The number of phenolic OH excluding ortho intramolecular Hbond substituents is 1. The fourth-order valence-corrected chi connectivity index (χ4v) is 3.15. The van der Waals surface area contributed by atoms with Crippen molar-refractivity contribution in [2.24, 2.45) is 0 Å². The number of hydrogen-bond donors (Lipinski definition) is 1. The molecule has 0 saturated carbocycles. The minimum atomic E-state index is -0.431. The van der Waals surface area contributed by atoms with Crippen molar-refractivity contribution < 1.29 is 14.6 Å². The van der Waals surface area contributed by atoms with Crippen LogP contribution in [0.2, 0.25) is 0 Å². The Morgan fingerprint density at radius 1 is 1.23 bits per heavy atom. The van der Waals surface area contributed by atoms with E-state index in [0.717, 1.165) is 42.6 Å². The van der Waals surface area contributed by atoms with Crippen molar-refractivity contribution in [2.45, 2.75) is 65.9 Å². The highest BCUT2D eigenvalue weighted by Crippen LogP contribution is 2.45. The van der Waals surface area contributed by atoms with Crippen LogP contribution in [0.3, 0.4) is 0 Å². The molecule has 1 aliphatic heterocycles. The van der Waals surface area contributed by atoms with Gasteiger partial charge in [-0.25, -0.2) is 0 Å². The van der Waals surface area contributed by atoms with Crippen molar-refractivity contribution in [3.8, 4) is 17.2 Å². The van der Waals surface area contributed by atoms with Crippen molar-refractivity contribution in [3.05, 3.63) is 46.6 Å². The standard InChI is InChI=1S/C23H32O3/c1-16(2)9-7-10-17(3)11-8-13-23(5)14-12-19-20(25-6)15-18(4)21(24)22(19)26-23/h9,11-12,14-15,24H,7-8,10,13H2,1-6H3/t23-/m1/s1. The zero-order valence-electron chi connectivity index (χ0n) is 17.0. The minimum Gasteiger partial charge on any atom is -0.504 e. The van der Waals surface area contributed by atoms with Crippen molar-refractivity contribution >= 4 is 6.08 Å². The first kappa shape index (κ1) is 20.2. The quantitative estimate of drug-likeness (QED) is 0.579. The molecule has 26 heavy (non-hydrogen) atoms. The van der Waals surface area contributed by atoms with Gasteiger partial charge in [-0.15, -0.1) is 0 Å². The van der Waals surface area contributed by atoms with E-state index >= 15 is 0 Å². The fraction of sp³-hybridized carbons (Fsp3) is 0.478. The minimum absolute atomic E-state index is 0.199. The van der Waals surface area contributed by atoms with Crippen molar-refractivity contribution in [3.63, 3.8) is 0 Å². The summed E-state index contributed by atoms with van der Waals surface area (Å²) >= 11 is 0. The zero-order chi connectivity index (χ0) is 19.3. The number of aromatic hydroxyl groups is 1. The second-order valence-corrected chi connectivity index (χ2v) is 7.64. The molecule has 0 saturated heterocycles. The highest BCUT2D eigenvalue weighted by molar-refractivity contribution is 5.72. The third kappa shape index (κ3) is 4.94. The van der Waals surface area contributed by atoms with Crippen LogP contribution in [0, 0.1) is 6.92 Å². The molecule has 3 heteroatoms. The van der Waals surface area contributed by atoms with Crippen LogP contribution in [0.15, 0.2) is 35.4 Å². The van der Waals surface area contributed by atoms with Crippen LogP contribution in [0.5, 0.6) is 17.2 Å². The molecule has 1 aromatic carbocycles. The topological polar surface area (TPSA) is 38.7 Å². The molecule has 0 aliphatic carbocycles. The molecule has 0 spiro atoms. The SMILES string of the molecule is COc1cc(C)c(O)c2c1C=C[C@@](C)(CCC=C(C)CCC=C(C)C)O2. The number of allylic oxidation sites excluding steroid dienone is 4. The monoisotopic (exact) mass is 356 g/mol. The lowest BCUT2D eigenvalue weighted by molar-refractivity contribution is 0.123. The summed E-state index contributed by atoms with van der Waals surface area (Å²) in [6, 6.07) is 1.84. The molecule has 0 unspecified atom stereocenters. The van der Waals surface area contributed by atoms with Crippen molar-refractivity contribution in [1.29, 1.82) is 0 Å². The van der Waals surface area contributed by atoms with Crippen LogP contribution >= 0.6 is 0 Å². The van der Waals surface area contributed by atoms with E-state index in [-0.39, 0.29) is 5.75 Å². The Bertz CT molecular complexity index is 736. The van der Waals surface area contributed by atoms with Crippen molar-refractivity contribution in [2.75, 3.05) is 7.11 Å². The average Bonchev–Trinajstić information content (AvgIpc) is 2.58. The lowest BCUT2D eigenvalue weighted by atomic mass is 9.93. The summed E-state index contributed by atoms with van der Waals surface area (Å²) in [6.07, 6.45) is 12.6. The van der Waals surface area contributed by atoms with Gasteiger partial charge in [0.15, 0.2) is 11.5 Å². The Morgan fingerprint density at radius 3 is 2.62 bits per heavy atom. The second kappa shape index (κ2) is 8.48. The van der Waals surface area contributed by atoms with E-state index in [1.54, 1.807) is 7.11 Å². The van der Waals surface area contributed by atoms with Gasteiger partial charge in [0.05, 0.1) is 12.7 Å². The van der Waals surface area contributed by atoms with Gasteiger partial charge in [0.2, 0.25) is 0 Å². The highest BCUT2D eigenvalue weighted by atomic mass is 16.5. The largest absolute Gasteiger partial charge is 0.504 e. The summed E-state index contributed by atoms with van der Waals surface area (Å²) in [5.41, 5.74) is 3.91. The second-order valence-electron chi connectivity index (χ2n) is 7.64. The first-order valence-electron chi connectivity index (χ1n) is 9.33. The summed E-state index contributed by atoms with van der Waals surface area (Å²) in [7, 11) is 1.64. The summed E-state index contributed by atoms with van der Waals surface area (Å²) in [5.74, 6) is 1.45. The molecule has 0 bridgehead atoms. The summed E-state index contributed by atoms with van der Waals surface area (Å²) in [5, 5.41) is 10.4. The third-order valence-electron chi connectivity index (χ3n) is 4.83. The van der Waals surface area contributed by atoms with Gasteiger partial charge in [0, 0.05) is 0 Å². The smallest absolute Gasteiger partial charge is 0.173 e. The molecule has 142 valence electrons. The Labute approximate surface area is 158 Å². The van der Waals surface area contributed by atoms with E-state index in [1.807, 2.05) is 19.1 Å². The number of ether oxygens (including phenoxy) is 2. The molecule has 0 amide bonds. The maximum absolute atomic E-state index is 10.4. The van der Waals surface area contributed by atoms with E-state index in [2.05, 4.69) is 45.9 Å².